The summed E-state index contributed by atoms with van der Waals surface area (Å²) in [4.78, 5) is 23.7. The molecule has 1 saturated heterocycles. The van der Waals surface area contributed by atoms with Crippen LogP contribution in [0.3, 0.4) is 0 Å². The van der Waals surface area contributed by atoms with E-state index in [1.807, 2.05) is 23.3 Å². The van der Waals surface area contributed by atoms with Crippen LogP contribution in [0.1, 0.15) is 21.6 Å². The van der Waals surface area contributed by atoms with Crippen molar-refractivity contribution >= 4 is 44.9 Å². The Kier molecular flexibility index (Phi) is 4.09. The second-order valence-corrected chi connectivity index (χ2v) is 7.34. The summed E-state index contributed by atoms with van der Waals surface area (Å²) in [5.74, 6) is 0.677. The number of carbonyl (C=O) groups is 1. The van der Waals surface area contributed by atoms with E-state index in [4.69, 9.17) is 0 Å². The molecule has 7 heteroatoms. The van der Waals surface area contributed by atoms with Gasteiger partial charge in [-0.3, -0.25) is 14.8 Å². The third-order valence-corrected chi connectivity index (χ3v) is 6.30. The van der Waals surface area contributed by atoms with E-state index in [1.54, 1.807) is 35.5 Å². The van der Waals surface area contributed by atoms with E-state index in [9.17, 15) is 4.79 Å². The average Bonchev–Trinajstić information content (AvgIpc) is 3.00. The van der Waals surface area contributed by atoms with Gasteiger partial charge in [0.15, 0.2) is 0 Å². The van der Waals surface area contributed by atoms with Gasteiger partial charge in [-0.25, -0.2) is 0 Å². The van der Waals surface area contributed by atoms with Crippen molar-refractivity contribution in [3.63, 3.8) is 0 Å². The Balaban J connectivity index is 1.84. The standard InChI is InChI=1S/C13H12BrN3OS2/c1-8-4-16-9(5-15-8)6-17-11(18)7-20-13(17)12-10(14)2-3-19-12/h2-5,13H,6-7H2,1H3. The van der Waals surface area contributed by atoms with Crippen molar-refractivity contribution in [3.05, 3.63) is 44.6 Å². The number of thiophene rings is 1. The monoisotopic (exact) mass is 369 g/mol. The van der Waals surface area contributed by atoms with E-state index in [2.05, 4.69) is 25.9 Å². The van der Waals surface area contributed by atoms with E-state index in [0.29, 0.717) is 12.3 Å². The van der Waals surface area contributed by atoms with E-state index >= 15 is 0 Å². The number of aryl methyl sites for hydroxylation is 1. The summed E-state index contributed by atoms with van der Waals surface area (Å²) in [6.07, 6.45) is 3.48. The van der Waals surface area contributed by atoms with Gasteiger partial charge in [0.05, 0.1) is 34.8 Å². The van der Waals surface area contributed by atoms with Crippen LogP contribution >= 0.6 is 39.0 Å². The summed E-state index contributed by atoms with van der Waals surface area (Å²) in [7, 11) is 0. The molecule has 0 radical (unpaired) electrons. The molecule has 1 fully saturated rings. The Bertz CT molecular complexity index is 629. The smallest absolute Gasteiger partial charge is 0.234 e. The second-order valence-electron chi connectivity index (χ2n) is 4.47. The minimum Gasteiger partial charge on any atom is -0.319 e. The minimum atomic E-state index is 0.0694. The fourth-order valence-corrected chi connectivity index (χ4v) is 5.22. The summed E-state index contributed by atoms with van der Waals surface area (Å²) in [5, 5.41) is 2.10. The van der Waals surface area contributed by atoms with Crippen molar-refractivity contribution in [1.29, 1.82) is 0 Å². The molecule has 0 aliphatic carbocycles. The SMILES string of the molecule is Cc1cnc(CN2C(=O)CSC2c2sccc2Br)cn1. The number of halogens is 1. The van der Waals surface area contributed by atoms with Gasteiger partial charge >= 0.3 is 0 Å². The molecule has 1 amide bonds. The Hall–Kier alpha value is -0.920. The Labute approximate surface area is 133 Å². The van der Waals surface area contributed by atoms with Crippen molar-refractivity contribution in [2.75, 3.05) is 5.75 Å². The minimum absolute atomic E-state index is 0.0694. The molecule has 3 rings (SSSR count). The number of aromatic nitrogens is 2. The van der Waals surface area contributed by atoms with Crippen molar-refractivity contribution in [1.82, 2.24) is 14.9 Å². The number of thioether (sulfide) groups is 1. The van der Waals surface area contributed by atoms with Crippen molar-refractivity contribution in [3.8, 4) is 0 Å². The maximum absolute atomic E-state index is 12.1. The van der Waals surface area contributed by atoms with Gasteiger partial charge in [0.2, 0.25) is 5.91 Å². The third-order valence-electron chi connectivity index (χ3n) is 3.00. The highest BCUT2D eigenvalue weighted by Crippen LogP contribution is 2.44. The van der Waals surface area contributed by atoms with Gasteiger partial charge < -0.3 is 4.90 Å². The van der Waals surface area contributed by atoms with Crippen molar-refractivity contribution in [2.24, 2.45) is 0 Å². The molecule has 4 nitrogen and oxygen atoms in total. The van der Waals surface area contributed by atoms with Gasteiger partial charge in [0.1, 0.15) is 5.37 Å². The molecule has 2 aromatic heterocycles. The highest BCUT2D eigenvalue weighted by molar-refractivity contribution is 9.10. The van der Waals surface area contributed by atoms with Crippen LogP contribution in [0.25, 0.3) is 0 Å². The lowest BCUT2D eigenvalue weighted by Gasteiger charge is -2.23. The molecule has 0 aromatic carbocycles. The summed E-state index contributed by atoms with van der Waals surface area (Å²) in [5.41, 5.74) is 1.71. The Morgan fingerprint density at radius 2 is 2.30 bits per heavy atom. The lowest BCUT2D eigenvalue weighted by Crippen LogP contribution is -2.28. The van der Waals surface area contributed by atoms with E-state index in [1.165, 1.54) is 4.88 Å². The van der Waals surface area contributed by atoms with Gasteiger partial charge in [0.25, 0.3) is 0 Å². The quantitative estimate of drug-likeness (QED) is 0.831. The van der Waals surface area contributed by atoms with E-state index in [0.717, 1.165) is 15.9 Å². The second kappa shape index (κ2) is 5.83. The highest BCUT2D eigenvalue weighted by Gasteiger charge is 2.34. The fourth-order valence-electron chi connectivity index (χ4n) is 2.00. The maximum Gasteiger partial charge on any atom is 0.234 e. The lowest BCUT2D eigenvalue weighted by molar-refractivity contribution is -0.128. The lowest BCUT2D eigenvalue weighted by atomic mass is 10.3. The molecule has 0 spiro atoms. The van der Waals surface area contributed by atoms with Gasteiger partial charge in [-0.05, 0) is 34.3 Å². The number of hydrogen-bond donors (Lipinski definition) is 0. The maximum atomic E-state index is 12.1. The summed E-state index contributed by atoms with van der Waals surface area (Å²) in [6, 6.07) is 2.02. The van der Waals surface area contributed by atoms with Crippen molar-refractivity contribution in [2.45, 2.75) is 18.8 Å². The van der Waals surface area contributed by atoms with Gasteiger partial charge in [0, 0.05) is 10.7 Å². The van der Waals surface area contributed by atoms with E-state index < -0.39 is 0 Å². The molecule has 20 heavy (non-hydrogen) atoms. The molecule has 1 unspecified atom stereocenters. The first-order chi connectivity index (χ1) is 9.65. The van der Waals surface area contributed by atoms with Gasteiger partial charge in [-0.2, -0.15) is 0 Å². The van der Waals surface area contributed by atoms with Crippen LogP contribution in [-0.2, 0) is 11.3 Å². The van der Waals surface area contributed by atoms with Crippen LogP contribution in [0.5, 0.6) is 0 Å². The number of amides is 1. The zero-order valence-corrected chi connectivity index (χ0v) is 14.0. The average molecular weight is 370 g/mol. The Morgan fingerprint density at radius 1 is 1.45 bits per heavy atom. The van der Waals surface area contributed by atoms with Crippen LogP contribution < -0.4 is 0 Å². The summed E-state index contributed by atoms with van der Waals surface area (Å²) in [6.45, 7) is 2.41. The van der Waals surface area contributed by atoms with Crippen LogP contribution in [0.15, 0.2) is 28.3 Å². The summed E-state index contributed by atoms with van der Waals surface area (Å²) >= 11 is 6.88. The predicted octanol–water partition coefficient (Wildman–Crippen LogP) is 3.38. The number of carbonyl (C=O) groups excluding carboxylic acids is 1. The zero-order valence-electron chi connectivity index (χ0n) is 10.7. The summed E-state index contributed by atoms with van der Waals surface area (Å²) < 4.78 is 1.06. The van der Waals surface area contributed by atoms with Crippen LogP contribution in [0, 0.1) is 6.92 Å². The molecule has 1 atom stereocenters. The molecular weight excluding hydrogens is 358 g/mol. The van der Waals surface area contributed by atoms with E-state index in [-0.39, 0.29) is 11.3 Å². The normalized spacial score (nSPS) is 18.8. The fraction of sp³-hybridized carbons (Fsp3) is 0.308. The molecule has 2 aromatic rings. The molecule has 3 heterocycles. The zero-order chi connectivity index (χ0) is 14.1. The largest absolute Gasteiger partial charge is 0.319 e. The van der Waals surface area contributed by atoms with Gasteiger partial charge in [-0.1, -0.05) is 0 Å². The topological polar surface area (TPSA) is 46.1 Å². The number of nitrogens with zero attached hydrogens (tertiary/aromatic N) is 3. The first kappa shape index (κ1) is 14.0. The molecule has 0 saturated carbocycles. The Morgan fingerprint density at radius 3 is 2.95 bits per heavy atom. The molecule has 0 bridgehead atoms. The molecule has 104 valence electrons. The number of hydrogen-bond acceptors (Lipinski definition) is 5. The van der Waals surface area contributed by atoms with Crippen LogP contribution in [0.2, 0.25) is 0 Å². The molecule has 1 aliphatic rings. The van der Waals surface area contributed by atoms with Crippen LogP contribution in [0.4, 0.5) is 0 Å². The molecule has 1 aliphatic heterocycles. The first-order valence-electron chi connectivity index (χ1n) is 6.06. The molecular formula is C13H12BrN3OS2. The molecule has 0 N–H and O–H groups in total. The third kappa shape index (κ3) is 2.75. The number of rotatable bonds is 3. The predicted molar refractivity (Wildman–Crippen MR) is 84.5 cm³/mol. The first-order valence-corrected chi connectivity index (χ1v) is 8.79. The van der Waals surface area contributed by atoms with Crippen molar-refractivity contribution < 1.29 is 4.79 Å². The van der Waals surface area contributed by atoms with Crippen LogP contribution in [-0.4, -0.2) is 26.5 Å². The highest BCUT2D eigenvalue weighted by atomic mass is 79.9. The van der Waals surface area contributed by atoms with Gasteiger partial charge in [-0.15, -0.1) is 23.1 Å².